The van der Waals surface area contributed by atoms with Crippen LogP contribution in [-0.4, -0.2) is 21.4 Å². The molecule has 2 N–H and O–H groups in total. The Morgan fingerprint density at radius 1 is 1.53 bits per heavy atom. The van der Waals surface area contributed by atoms with Crippen LogP contribution < -0.4 is 0 Å². The van der Waals surface area contributed by atoms with Crippen LogP contribution in [0.4, 0.5) is 8.78 Å². The molecule has 0 fully saturated rings. The van der Waals surface area contributed by atoms with E-state index < -0.39 is 34.1 Å². The van der Waals surface area contributed by atoms with Crippen molar-refractivity contribution in [2.75, 3.05) is 0 Å². The van der Waals surface area contributed by atoms with Crippen LogP contribution in [0.25, 0.3) is 0 Å². The SMILES string of the molecule is C=C(F)/C(=C(F)\C(=C/C)[N+](=O)[O-])C(O)O. The van der Waals surface area contributed by atoms with Crippen LogP contribution in [0, 0.1) is 10.1 Å². The van der Waals surface area contributed by atoms with Crippen LogP contribution in [0.15, 0.2) is 35.6 Å². The molecule has 0 amide bonds. The number of rotatable bonds is 4. The summed E-state index contributed by atoms with van der Waals surface area (Å²) in [6.45, 7) is 3.79. The van der Waals surface area contributed by atoms with Gasteiger partial charge in [-0.15, -0.1) is 0 Å². The second-order valence-corrected chi connectivity index (χ2v) is 2.44. The lowest BCUT2D eigenvalue weighted by molar-refractivity contribution is -0.423. The highest BCUT2D eigenvalue weighted by Gasteiger charge is 2.26. The number of nitrogens with zero attached hydrogens (tertiary/aromatic N) is 1. The predicted molar refractivity (Wildman–Crippen MR) is 47.4 cm³/mol. The number of hydrogen-bond acceptors (Lipinski definition) is 4. The smallest absolute Gasteiger partial charge is 0.301 e. The third-order valence-electron chi connectivity index (χ3n) is 1.48. The highest BCUT2D eigenvalue weighted by atomic mass is 19.1. The summed E-state index contributed by atoms with van der Waals surface area (Å²) in [4.78, 5) is 9.16. The van der Waals surface area contributed by atoms with Crippen molar-refractivity contribution in [1.82, 2.24) is 0 Å². The Balaban J connectivity index is 5.56. The standard InChI is InChI=1S/C8H9F2NO4/c1-3-5(11(14)15)7(10)6(4(2)9)8(12)13/h3,8,12-13H,2H2,1H3/b5-3+,7-6-. The summed E-state index contributed by atoms with van der Waals surface area (Å²) in [5.74, 6) is -3.14. The van der Waals surface area contributed by atoms with Crippen molar-refractivity contribution in [1.29, 1.82) is 0 Å². The lowest BCUT2D eigenvalue weighted by Gasteiger charge is -2.07. The molecular weight excluding hydrogens is 212 g/mol. The lowest BCUT2D eigenvalue weighted by atomic mass is 10.1. The van der Waals surface area contributed by atoms with E-state index in [1.807, 2.05) is 0 Å². The van der Waals surface area contributed by atoms with Crippen molar-refractivity contribution in [2.45, 2.75) is 13.2 Å². The Morgan fingerprint density at radius 3 is 2.20 bits per heavy atom. The molecular formula is C8H9F2NO4. The van der Waals surface area contributed by atoms with Crippen LogP contribution in [0.3, 0.4) is 0 Å². The molecule has 0 aliphatic carbocycles. The average Bonchev–Trinajstić information content (AvgIpc) is 2.02. The first-order chi connectivity index (χ1) is 6.82. The van der Waals surface area contributed by atoms with Gasteiger partial charge in [0.05, 0.1) is 10.5 Å². The van der Waals surface area contributed by atoms with E-state index in [0.717, 1.165) is 13.0 Å². The van der Waals surface area contributed by atoms with Crippen molar-refractivity contribution >= 4 is 0 Å². The number of allylic oxidation sites excluding steroid dienone is 2. The van der Waals surface area contributed by atoms with Gasteiger partial charge in [-0.1, -0.05) is 6.58 Å². The normalized spacial score (nSPS) is 13.9. The van der Waals surface area contributed by atoms with Gasteiger partial charge in [0, 0.05) is 0 Å². The van der Waals surface area contributed by atoms with Crippen molar-refractivity contribution in [3.63, 3.8) is 0 Å². The van der Waals surface area contributed by atoms with Gasteiger partial charge in [0.2, 0.25) is 5.83 Å². The van der Waals surface area contributed by atoms with Crippen LogP contribution in [0.1, 0.15) is 6.92 Å². The first kappa shape index (κ1) is 13.4. The number of halogens is 2. The summed E-state index contributed by atoms with van der Waals surface area (Å²) in [6.07, 6.45) is -1.74. The Labute approximate surface area is 83.8 Å². The second-order valence-electron chi connectivity index (χ2n) is 2.44. The topological polar surface area (TPSA) is 83.6 Å². The molecule has 0 rings (SSSR count). The van der Waals surface area contributed by atoms with E-state index in [1.54, 1.807) is 0 Å². The monoisotopic (exact) mass is 221 g/mol. The molecule has 5 nitrogen and oxygen atoms in total. The van der Waals surface area contributed by atoms with Crippen LogP contribution >= 0.6 is 0 Å². The van der Waals surface area contributed by atoms with Gasteiger partial charge in [-0.25, -0.2) is 4.39 Å². The Kier molecular flexibility index (Phi) is 4.75. The molecule has 15 heavy (non-hydrogen) atoms. The van der Waals surface area contributed by atoms with E-state index >= 15 is 0 Å². The van der Waals surface area contributed by atoms with E-state index in [4.69, 9.17) is 10.2 Å². The van der Waals surface area contributed by atoms with Gasteiger partial charge in [-0.05, 0) is 13.0 Å². The molecule has 0 saturated carbocycles. The summed E-state index contributed by atoms with van der Waals surface area (Å²) in [5.41, 5.74) is -2.31. The van der Waals surface area contributed by atoms with E-state index in [9.17, 15) is 18.9 Å². The Bertz CT molecular complexity index is 347. The minimum absolute atomic E-state index is 0.765. The summed E-state index contributed by atoms with van der Waals surface area (Å²) < 4.78 is 25.8. The molecule has 0 aliphatic heterocycles. The molecule has 0 atom stereocenters. The molecule has 0 heterocycles. The van der Waals surface area contributed by atoms with Crippen molar-refractivity contribution in [3.8, 4) is 0 Å². The summed E-state index contributed by atoms with van der Waals surface area (Å²) in [5, 5.41) is 27.4. The average molecular weight is 221 g/mol. The van der Waals surface area contributed by atoms with Crippen molar-refractivity contribution in [2.24, 2.45) is 0 Å². The fraction of sp³-hybridized carbons (Fsp3) is 0.250. The molecule has 84 valence electrons. The highest BCUT2D eigenvalue weighted by Crippen LogP contribution is 2.24. The second kappa shape index (κ2) is 5.32. The van der Waals surface area contributed by atoms with Crippen LogP contribution in [0.5, 0.6) is 0 Å². The molecule has 0 saturated heterocycles. The van der Waals surface area contributed by atoms with Gasteiger partial charge in [0.25, 0.3) is 0 Å². The maximum absolute atomic E-state index is 13.2. The van der Waals surface area contributed by atoms with E-state index in [0.29, 0.717) is 0 Å². The predicted octanol–water partition coefficient (Wildman–Crippen LogP) is 1.18. The largest absolute Gasteiger partial charge is 0.364 e. The van der Waals surface area contributed by atoms with Gasteiger partial charge >= 0.3 is 5.70 Å². The van der Waals surface area contributed by atoms with Gasteiger partial charge in [-0.2, -0.15) is 4.39 Å². The molecule has 0 aliphatic rings. The fourth-order valence-electron chi connectivity index (χ4n) is 0.823. The quantitative estimate of drug-likeness (QED) is 0.323. The van der Waals surface area contributed by atoms with Crippen LogP contribution in [0.2, 0.25) is 0 Å². The molecule has 0 unspecified atom stereocenters. The Morgan fingerprint density at radius 2 is 2.00 bits per heavy atom. The zero-order valence-electron chi connectivity index (χ0n) is 7.78. The number of nitro groups is 1. The van der Waals surface area contributed by atoms with Crippen molar-refractivity contribution in [3.05, 3.63) is 45.7 Å². The molecule has 0 aromatic carbocycles. The summed E-state index contributed by atoms with van der Waals surface area (Å²) >= 11 is 0. The Hall–Kier alpha value is -1.60. The summed E-state index contributed by atoms with van der Waals surface area (Å²) in [7, 11) is 0. The van der Waals surface area contributed by atoms with E-state index in [2.05, 4.69) is 6.58 Å². The molecule has 0 spiro atoms. The first-order valence-corrected chi connectivity index (χ1v) is 3.74. The van der Waals surface area contributed by atoms with E-state index in [-0.39, 0.29) is 0 Å². The molecule has 0 aromatic heterocycles. The molecule has 0 aromatic rings. The maximum atomic E-state index is 13.2. The maximum Gasteiger partial charge on any atom is 0.301 e. The zero-order valence-corrected chi connectivity index (χ0v) is 7.78. The molecule has 7 heteroatoms. The minimum Gasteiger partial charge on any atom is -0.364 e. The number of aliphatic hydroxyl groups is 2. The first-order valence-electron chi connectivity index (χ1n) is 3.74. The highest BCUT2D eigenvalue weighted by molar-refractivity contribution is 5.35. The van der Waals surface area contributed by atoms with Gasteiger partial charge in [0.15, 0.2) is 6.29 Å². The molecule has 0 radical (unpaired) electrons. The van der Waals surface area contributed by atoms with Gasteiger partial charge < -0.3 is 10.2 Å². The fourth-order valence-corrected chi connectivity index (χ4v) is 0.823. The van der Waals surface area contributed by atoms with Gasteiger partial charge in [0.1, 0.15) is 5.83 Å². The van der Waals surface area contributed by atoms with Crippen LogP contribution in [-0.2, 0) is 0 Å². The number of aliphatic hydroxyl groups excluding tert-OH is 1. The lowest BCUT2D eigenvalue weighted by Crippen LogP contribution is -2.13. The third kappa shape index (κ3) is 3.22. The summed E-state index contributed by atoms with van der Waals surface area (Å²) in [6, 6.07) is 0. The van der Waals surface area contributed by atoms with E-state index in [1.165, 1.54) is 0 Å². The van der Waals surface area contributed by atoms with Gasteiger partial charge in [-0.3, -0.25) is 10.1 Å². The number of hydrogen-bond donors (Lipinski definition) is 2. The molecule has 0 bridgehead atoms. The van der Waals surface area contributed by atoms with Crippen molar-refractivity contribution < 1.29 is 23.9 Å². The zero-order chi connectivity index (χ0) is 12.2. The third-order valence-corrected chi connectivity index (χ3v) is 1.48. The minimum atomic E-state index is -2.50.